The molecule has 1 aliphatic carbocycles. The Hall–Kier alpha value is -3.15. The molecule has 3 rings (SSSR count). The van der Waals surface area contributed by atoms with Gasteiger partial charge in [-0.2, -0.15) is 13.2 Å². The van der Waals surface area contributed by atoms with E-state index in [2.05, 4.69) is 16.1 Å². The van der Waals surface area contributed by atoms with Crippen molar-refractivity contribution in [1.82, 2.24) is 16.1 Å². The van der Waals surface area contributed by atoms with Crippen molar-refractivity contribution in [1.29, 1.82) is 0 Å². The molecule has 1 aromatic rings. The van der Waals surface area contributed by atoms with Crippen LogP contribution >= 0.6 is 0 Å². The Bertz CT molecular complexity index is 917. The Kier molecular flexibility index (Phi) is 7.02. The van der Waals surface area contributed by atoms with Gasteiger partial charge in [0.05, 0.1) is 18.3 Å². The molecule has 1 heterocycles. The highest BCUT2D eigenvalue weighted by Crippen LogP contribution is 2.34. The molecule has 0 saturated heterocycles. The number of carbonyl (C=O) groups is 3. The third-order valence-electron chi connectivity index (χ3n) is 5.08. The molecule has 1 unspecified atom stereocenters. The zero-order valence-corrected chi connectivity index (χ0v) is 16.9. The number of carbonyl (C=O) groups excluding carboxylic acids is 3. The summed E-state index contributed by atoms with van der Waals surface area (Å²) in [5, 5.41) is 6.06. The molecule has 2 atom stereocenters. The largest absolute Gasteiger partial charge is 0.412 e. The lowest BCUT2D eigenvalue weighted by atomic mass is 10.1. The minimum absolute atomic E-state index is 0.200. The second kappa shape index (κ2) is 9.55. The number of para-hydroxylation sites is 1. The third kappa shape index (κ3) is 6.42. The number of amides is 3. The maximum atomic E-state index is 13.4. The number of nitrogens with one attached hydrogen (secondary N) is 3. The first-order valence-corrected chi connectivity index (χ1v) is 9.96. The Morgan fingerprint density at radius 3 is 2.56 bits per heavy atom. The number of nitrogens with two attached hydrogens (primary N) is 1. The summed E-state index contributed by atoms with van der Waals surface area (Å²) in [6.45, 7) is -1.19. The number of hydrogen-bond donors (Lipinski definition) is 4. The molecule has 2 aliphatic rings. The SMILES string of the molecule is NC(=O)C1NN(CC(=O)N[C@@H](CC2CC2)C(=O)NC/C(F)=C/C(F)(F)F)c2ccccc21. The van der Waals surface area contributed by atoms with Crippen molar-refractivity contribution >= 4 is 23.4 Å². The van der Waals surface area contributed by atoms with Gasteiger partial charge >= 0.3 is 6.18 Å². The predicted octanol–water partition coefficient (Wildman–Crippen LogP) is 1.35. The second-order valence-corrected chi connectivity index (χ2v) is 7.76. The van der Waals surface area contributed by atoms with Crippen LogP contribution in [0.5, 0.6) is 0 Å². The Balaban J connectivity index is 1.61. The standard InChI is InChI=1S/C20H23F4N5O3/c21-12(8-20(22,23)24)9-26-19(32)14(7-11-5-6-11)27-16(30)10-29-15-4-2-1-3-13(15)17(28-29)18(25)31/h1-4,8,11,14,17,28H,5-7,9-10H2,(H2,25,31)(H,26,32)(H,27,30)/b12-8-/t14-,17?/m0/s1. The first-order chi connectivity index (χ1) is 15.0. The highest BCUT2D eigenvalue weighted by atomic mass is 19.4. The summed E-state index contributed by atoms with van der Waals surface area (Å²) in [7, 11) is 0. The zero-order chi connectivity index (χ0) is 23.5. The first kappa shape index (κ1) is 23.5. The van der Waals surface area contributed by atoms with Crippen molar-refractivity contribution < 1.29 is 31.9 Å². The summed E-state index contributed by atoms with van der Waals surface area (Å²) in [5.41, 5.74) is 9.42. The van der Waals surface area contributed by atoms with Crippen LogP contribution in [0.1, 0.15) is 30.9 Å². The van der Waals surface area contributed by atoms with Gasteiger partial charge in [0.25, 0.3) is 0 Å². The van der Waals surface area contributed by atoms with Crippen molar-refractivity contribution in [2.45, 2.75) is 37.5 Å². The van der Waals surface area contributed by atoms with Crippen LogP contribution in [0, 0.1) is 5.92 Å². The molecule has 0 bridgehead atoms. The van der Waals surface area contributed by atoms with Crippen LogP contribution in [0.4, 0.5) is 23.2 Å². The predicted molar refractivity (Wildman–Crippen MR) is 106 cm³/mol. The molecule has 0 spiro atoms. The van der Waals surface area contributed by atoms with Gasteiger partial charge in [0.2, 0.25) is 17.7 Å². The Morgan fingerprint density at radius 1 is 1.25 bits per heavy atom. The monoisotopic (exact) mass is 457 g/mol. The summed E-state index contributed by atoms with van der Waals surface area (Å²) in [6, 6.07) is 5.00. The van der Waals surface area contributed by atoms with E-state index in [1.54, 1.807) is 24.3 Å². The fraction of sp³-hybridized carbons (Fsp3) is 0.450. The number of nitrogens with zero attached hydrogens (tertiary/aromatic N) is 1. The second-order valence-electron chi connectivity index (χ2n) is 7.76. The number of allylic oxidation sites excluding steroid dienone is 1. The summed E-state index contributed by atoms with van der Waals surface area (Å²) in [6.07, 6.45) is -3.35. The maximum absolute atomic E-state index is 13.4. The van der Waals surface area contributed by atoms with E-state index < -0.39 is 54.4 Å². The van der Waals surface area contributed by atoms with E-state index in [9.17, 15) is 31.9 Å². The van der Waals surface area contributed by atoms with E-state index >= 15 is 0 Å². The topological polar surface area (TPSA) is 117 Å². The molecule has 1 aliphatic heterocycles. The number of primary amides is 1. The van der Waals surface area contributed by atoms with Gasteiger partial charge in [-0.05, 0) is 18.4 Å². The fourth-order valence-electron chi connectivity index (χ4n) is 3.45. The number of fused-ring (bicyclic) bond motifs is 1. The van der Waals surface area contributed by atoms with Crippen molar-refractivity contribution in [3.8, 4) is 0 Å². The van der Waals surface area contributed by atoms with Gasteiger partial charge in [-0.1, -0.05) is 31.0 Å². The number of anilines is 1. The number of rotatable bonds is 9. The fourth-order valence-corrected chi connectivity index (χ4v) is 3.45. The maximum Gasteiger partial charge on any atom is 0.412 e. The molecule has 1 saturated carbocycles. The molecule has 1 fully saturated rings. The van der Waals surface area contributed by atoms with E-state index in [0.29, 0.717) is 11.3 Å². The van der Waals surface area contributed by atoms with Gasteiger partial charge in [-0.15, -0.1) is 0 Å². The molecule has 8 nitrogen and oxygen atoms in total. The minimum atomic E-state index is -4.84. The van der Waals surface area contributed by atoms with Gasteiger partial charge in [-0.3, -0.25) is 19.4 Å². The van der Waals surface area contributed by atoms with E-state index in [0.717, 1.165) is 12.8 Å². The van der Waals surface area contributed by atoms with E-state index in [-0.39, 0.29) is 18.9 Å². The average molecular weight is 457 g/mol. The van der Waals surface area contributed by atoms with E-state index in [4.69, 9.17) is 5.73 Å². The smallest absolute Gasteiger partial charge is 0.368 e. The van der Waals surface area contributed by atoms with Crippen LogP contribution < -0.4 is 26.8 Å². The van der Waals surface area contributed by atoms with Crippen molar-refractivity contribution in [3.05, 3.63) is 41.7 Å². The molecular formula is C20H23F4N5O3. The molecule has 5 N–H and O–H groups in total. The van der Waals surface area contributed by atoms with Gasteiger partial charge < -0.3 is 16.4 Å². The first-order valence-electron chi connectivity index (χ1n) is 9.96. The van der Waals surface area contributed by atoms with Gasteiger partial charge in [0.15, 0.2) is 0 Å². The van der Waals surface area contributed by atoms with Crippen LogP contribution in [0.3, 0.4) is 0 Å². The van der Waals surface area contributed by atoms with Crippen molar-refractivity contribution in [3.63, 3.8) is 0 Å². The Morgan fingerprint density at radius 2 is 1.94 bits per heavy atom. The van der Waals surface area contributed by atoms with Crippen LogP contribution in [-0.2, 0) is 14.4 Å². The number of hydrazine groups is 1. The molecule has 0 radical (unpaired) electrons. The number of hydrogen-bond acceptors (Lipinski definition) is 5. The molecule has 12 heteroatoms. The summed E-state index contributed by atoms with van der Waals surface area (Å²) < 4.78 is 49.9. The molecule has 174 valence electrons. The molecule has 1 aromatic carbocycles. The van der Waals surface area contributed by atoms with E-state index in [1.165, 1.54) is 5.01 Å². The zero-order valence-electron chi connectivity index (χ0n) is 16.9. The molecular weight excluding hydrogens is 434 g/mol. The van der Waals surface area contributed by atoms with Gasteiger partial charge in [-0.25, -0.2) is 9.82 Å². The molecule has 32 heavy (non-hydrogen) atoms. The summed E-state index contributed by atoms with van der Waals surface area (Å²) in [5.74, 6) is -3.31. The highest BCUT2D eigenvalue weighted by molar-refractivity contribution is 5.91. The minimum Gasteiger partial charge on any atom is -0.368 e. The molecule has 0 aromatic heterocycles. The normalized spacial score (nSPS) is 19.3. The highest BCUT2D eigenvalue weighted by Gasteiger charge is 2.34. The van der Waals surface area contributed by atoms with E-state index in [1.807, 2.05) is 0 Å². The van der Waals surface area contributed by atoms with Crippen LogP contribution in [0.2, 0.25) is 0 Å². The van der Waals surface area contributed by atoms with Crippen LogP contribution in [0.25, 0.3) is 0 Å². The lowest BCUT2D eigenvalue weighted by Gasteiger charge is -2.23. The van der Waals surface area contributed by atoms with Crippen LogP contribution in [0.15, 0.2) is 36.2 Å². The summed E-state index contributed by atoms with van der Waals surface area (Å²) in [4.78, 5) is 36.7. The van der Waals surface area contributed by atoms with Crippen molar-refractivity contribution in [2.24, 2.45) is 11.7 Å². The number of alkyl halides is 3. The number of halogens is 4. The van der Waals surface area contributed by atoms with Crippen molar-refractivity contribution in [2.75, 3.05) is 18.1 Å². The average Bonchev–Trinajstić information content (AvgIpc) is 3.44. The van der Waals surface area contributed by atoms with Gasteiger partial charge in [0.1, 0.15) is 24.5 Å². The summed E-state index contributed by atoms with van der Waals surface area (Å²) >= 11 is 0. The van der Waals surface area contributed by atoms with Crippen LogP contribution in [-0.4, -0.2) is 43.0 Å². The lowest BCUT2D eigenvalue weighted by Crippen LogP contribution is -2.51. The third-order valence-corrected chi connectivity index (χ3v) is 5.08. The quantitative estimate of drug-likeness (QED) is 0.418. The lowest BCUT2D eigenvalue weighted by molar-refractivity contribution is -0.128. The van der Waals surface area contributed by atoms with Gasteiger partial charge in [0, 0.05) is 5.56 Å². The molecule has 3 amide bonds. The Labute approximate surface area is 181 Å². The number of benzene rings is 1.